The van der Waals surface area contributed by atoms with Gasteiger partial charge in [-0.1, -0.05) is 18.2 Å². The second kappa shape index (κ2) is 9.69. The quantitative estimate of drug-likeness (QED) is 0.547. The van der Waals surface area contributed by atoms with Gasteiger partial charge in [0, 0.05) is 36.6 Å². The van der Waals surface area contributed by atoms with E-state index in [4.69, 9.17) is 4.74 Å². The first-order chi connectivity index (χ1) is 13.9. The smallest absolute Gasteiger partial charge is 0.308 e. The molecule has 0 bridgehead atoms. The first-order valence-electron chi connectivity index (χ1n) is 9.54. The van der Waals surface area contributed by atoms with E-state index < -0.39 is 5.97 Å². The van der Waals surface area contributed by atoms with Gasteiger partial charge in [-0.15, -0.1) is 0 Å². The molecule has 2 aromatic rings. The van der Waals surface area contributed by atoms with Crippen LogP contribution >= 0.6 is 15.9 Å². The Bertz CT molecular complexity index is 907. The van der Waals surface area contributed by atoms with Crippen LogP contribution in [0.25, 0.3) is 0 Å². The highest BCUT2D eigenvalue weighted by atomic mass is 79.9. The van der Waals surface area contributed by atoms with Crippen molar-refractivity contribution in [1.82, 2.24) is 10.2 Å². The molecule has 2 amide bonds. The van der Waals surface area contributed by atoms with Crippen LogP contribution in [0.1, 0.15) is 40.5 Å². The molecule has 29 heavy (non-hydrogen) atoms. The summed E-state index contributed by atoms with van der Waals surface area (Å²) in [5.41, 5.74) is 1.12. The Labute approximate surface area is 178 Å². The number of piperidine rings is 1. The highest BCUT2D eigenvalue weighted by molar-refractivity contribution is 9.10. The summed E-state index contributed by atoms with van der Waals surface area (Å²) >= 11 is 3.39. The topological polar surface area (TPSA) is 75.7 Å². The number of carbonyl (C=O) groups is 3. The predicted molar refractivity (Wildman–Crippen MR) is 113 cm³/mol. The monoisotopic (exact) mass is 458 g/mol. The van der Waals surface area contributed by atoms with Crippen molar-refractivity contribution < 1.29 is 19.1 Å². The van der Waals surface area contributed by atoms with Crippen molar-refractivity contribution in [2.24, 2.45) is 5.92 Å². The lowest BCUT2D eigenvalue weighted by atomic mass is 9.96. The van der Waals surface area contributed by atoms with Crippen molar-refractivity contribution in [3.05, 3.63) is 64.1 Å². The van der Waals surface area contributed by atoms with Gasteiger partial charge in [-0.25, -0.2) is 0 Å². The average molecular weight is 459 g/mol. The number of ether oxygens (including phenoxy) is 1. The lowest BCUT2D eigenvalue weighted by molar-refractivity contribution is -0.131. The van der Waals surface area contributed by atoms with E-state index in [1.807, 2.05) is 18.2 Å². The van der Waals surface area contributed by atoms with Crippen LogP contribution in [0.3, 0.4) is 0 Å². The third-order valence-corrected chi connectivity index (χ3v) is 5.61. The van der Waals surface area contributed by atoms with E-state index in [0.717, 1.165) is 17.3 Å². The van der Waals surface area contributed by atoms with Crippen molar-refractivity contribution >= 4 is 33.7 Å². The van der Waals surface area contributed by atoms with Gasteiger partial charge in [-0.3, -0.25) is 14.4 Å². The van der Waals surface area contributed by atoms with Crippen LogP contribution in [-0.4, -0.2) is 42.3 Å². The molecule has 0 spiro atoms. The molecule has 7 heteroatoms. The molecule has 3 rings (SSSR count). The fraction of sp³-hybridized carbons (Fsp3) is 0.318. The molecule has 6 nitrogen and oxygen atoms in total. The molecule has 1 aliphatic heterocycles. The molecule has 1 aliphatic rings. The number of nitrogens with one attached hydrogen (secondary N) is 1. The summed E-state index contributed by atoms with van der Waals surface area (Å²) in [6.45, 7) is 3.18. The summed E-state index contributed by atoms with van der Waals surface area (Å²) < 4.78 is 5.83. The molecule has 0 atom stereocenters. The van der Waals surface area contributed by atoms with E-state index in [1.54, 1.807) is 35.2 Å². The van der Waals surface area contributed by atoms with E-state index in [9.17, 15) is 14.4 Å². The van der Waals surface area contributed by atoms with Crippen molar-refractivity contribution in [2.75, 3.05) is 19.6 Å². The fourth-order valence-electron chi connectivity index (χ4n) is 3.36. The Morgan fingerprint density at radius 2 is 1.83 bits per heavy atom. The first-order valence-corrected chi connectivity index (χ1v) is 10.3. The van der Waals surface area contributed by atoms with Crippen molar-refractivity contribution in [2.45, 2.75) is 19.8 Å². The molecular weight excluding hydrogens is 436 g/mol. The zero-order chi connectivity index (χ0) is 20.8. The van der Waals surface area contributed by atoms with Crippen molar-refractivity contribution in [3.8, 4) is 5.75 Å². The normalized spacial score (nSPS) is 14.3. The lowest BCUT2D eigenvalue weighted by Crippen LogP contribution is -2.41. The number of hydrogen-bond donors (Lipinski definition) is 1. The number of nitrogens with zero attached hydrogens (tertiary/aromatic N) is 1. The van der Waals surface area contributed by atoms with Crippen LogP contribution in [0, 0.1) is 5.92 Å². The predicted octanol–water partition coefficient (Wildman–Crippen LogP) is 3.66. The van der Waals surface area contributed by atoms with E-state index in [0.29, 0.717) is 42.4 Å². The standard InChI is InChI=1S/C22H23BrN2O4/c1-15(26)29-18-6-4-5-17(13-18)22(28)25-11-9-16(10-12-25)14-24-21(27)19-7-2-3-8-20(19)23/h2-8,13,16H,9-12,14H2,1H3,(H,24,27). The minimum atomic E-state index is -0.417. The molecule has 0 saturated carbocycles. The maximum Gasteiger partial charge on any atom is 0.308 e. The molecule has 1 fully saturated rings. The maximum atomic E-state index is 12.7. The third kappa shape index (κ3) is 5.67. The molecule has 0 unspecified atom stereocenters. The van der Waals surface area contributed by atoms with E-state index in [2.05, 4.69) is 21.2 Å². The fourth-order valence-corrected chi connectivity index (χ4v) is 3.82. The number of amides is 2. The molecule has 2 aromatic carbocycles. The van der Waals surface area contributed by atoms with Gasteiger partial charge in [0.25, 0.3) is 11.8 Å². The molecule has 1 heterocycles. The van der Waals surface area contributed by atoms with Crippen LogP contribution in [-0.2, 0) is 4.79 Å². The van der Waals surface area contributed by atoms with Crippen LogP contribution in [0.5, 0.6) is 5.75 Å². The molecule has 1 saturated heterocycles. The number of benzene rings is 2. The highest BCUT2D eigenvalue weighted by Crippen LogP contribution is 2.21. The summed E-state index contributed by atoms with van der Waals surface area (Å²) in [6, 6.07) is 14.0. The third-order valence-electron chi connectivity index (χ3n) is 4.91. The number of likely N-dealkylation sites (tertiary alicyclic amines) is 1. The van der Waals surface area contributed by atoms with Gasteiger partial charge in [0.2, 0.25) is 0 Å². The zero-order valence-corrected chi connectivity index (χ0v) is 17.8. The van der Waals surface area contributed by atoms with Gasteiger partial charge in [0.1, 0.15) is 5.75 Å². The number of esters is 1. The summed E-state index contributed by atoms with van der Waals surface area (Å²) in [4.78, 5) is 38.0. The minimum absolute atomic E-state index is 0.0743. The van der Waals surface area contributed by atoms with Crippen LogP contribution in [0.2, 0.25) is 0 Å². The Morgan fingerprint density at radius 1 is 1.10 bits per heavy atom. The summed E-state index contributed by atoms with van der Waals surface area (Å²) in [6.07, 6.45) is 1.65. The second-order valence-electron chi connectivity index (χ2n) is 7.05. The van der Waals surface area contributed by atoms with Gasteiger partial charge < -0.3 is 15.0 Å². The molecule has 0 radical (unpaired) electrons. The van der Waals surface area contributed by atoms with Crippen LogP contribution in [0.15, 0.2) is 53.0 Å². The summed E-state index contributed by atoms with van der Waals surface area (Å²) in [5.74, 6) is 0.110. The van der Waals surface area contributed by atoms with E-state index >= 15 is 0 Å². The number of carbonyl (C=O) groups excluding carboxylic acids is 3. The number of hydrogen-bond acceptors (Lipinski definition) is 4. The zero-order valence-electron chi connectivity index (χ0n) is 16.2. The van der Waals surface area contributed by atoms with Gasteiger partial charge >= 0.3 is 5.97 Å². The second-order valence-corrected chi connectivity index (χ2v) is 7.90. The van der Waals surface area contributed by atoms with Gasteiger partial charge in [0.05, 0.1) is 5.56 Å². The Balaban J connectivity index is 1.50. The average Bonchev–Trinajstić information content (AvgIpc) is 2.72. The SMILES string of the molecule is CC(=O)Oc1cccc(C(=O)N2CCC(CNC(=O)c3ccccc3Br)CC2)c1. The summed E-state index contributed by atoms with van der Waals surface area (Å²) in [7, 11) is 0. The largest absolute Gasteiger partial charge is 0.427 e. The Kier molecular flexibility index (Phi) is 7.04. The first kappa shape index (κ1) is 21.0. The van der Waals surface area contributed by atoms with Gasteiger partial charge in [-0.05, 0) is 65.0 Å². The van der Waals surface area contributed by atoms with Crippen molar-refractivity contribution in [3.63, 3.8) is 0 Å². The summed E-state index contributed by atoms with van der Waals surface area (Å²) in [5, 5.41) is 2.99. The van der Waals surface area contributed by atoms with E-state index in [-0.39, 0.29) is 11.8 Å². The lowest BCUT2D eigenvalue weighted by Gasteiger charge is -2.32. The van der Waals surface area contributed by atoms with Crippen LogP contribution in [0.4, 0.5) is 0 Å². The molecule has 0 aliphatic carbocycles. The molecule has 0 aromatic heterocycles. The van der Waals surface area contributed by atoms with Crippen LogP contribution < -0.4 is 10.1 Å². The Hall–Kier alpha value is -2.67. The maximum absolute atomic E-state index is 12.7. The Morgan fingerprint density at radius 3 is 2.52 bits per heavy atom. The highest BCUT2D eigenvalue weighted by Gasteiger charge is 2.24. The number of halogens is 1. The molecule has 152 valence electrons. The number of rotatable bonds is 5. The molecule has 1 N–H and O–H groups in total. The molecular formula is C22H23BrN2O4. The van der Waals surface area contributed by atoms with Crippen molar-refractivity contribution in [1.29, 1.82) is 0 Å². The minimum Gasteiger partial charge on any atom is -0.427 e. The van der Waals surface area contributed by atoms with Gasteiger partial charge in [-0.2, -0.15) is 0 Å². The van der Waals surface area contributed by atoms with E-state index in [1.165, 1.54) is 6.92 Å². The van der Waals surface area contributed by atoms with Gasteiger partial charge in [0.15, 0.2) is 0 Å².